The standard InChI is InChI=1S/C25H20N4/c1-18-11-13-20(14-12-18)21-9-5-6-10-22(21)23-24-25(27-16-26-23)29(17-28-24)15-19-7-3-2-4-8-19/h2-14,16-17H,15H2,1H3. The summed E-state index contributed by atoms with van der Waals surface area (Å²) in [5, 5.41) is 0. The van der Waals surface area contributed by atoms with E-state index in [9.17, 15) is 0 Å². The molecule has 0 saturated heterocycles. The van der Waals surface area contributed by atoms with Gasteiger partial charge in [-0.05, 0) is 23.6 Å². The van der Waals surface area contributed by atoms with Gasteiger partial charge in [-0.1, -0.05) is 84.4 Å². The third kappa shape index (κ3) is 3.29. The molecule has 2 heterocycles. The predicted octanol–water partition coefficient (Wildman–Crippen LogP) is 5.52. The van der Waals surface area contributed by atoms with E-state index in [-0.39, 0.29) is 0 Å². The van der Waals surface area contributed by atoms with Gasteiger partial charge in [0.1, 0.15) is 17.5 Å². The topological polar surface area (TPSA) is 43.6 Å². The van der Waals surface area contributed by atoms with Crippen LogP contribution in [0.3, 0.4) is 0 Å². The van der Waals surface area contributed by atoms with Crippen molar-refractivity contribution >= 4 is 11.2 Å². The molecule has 0 unspecified atom stereocenters. The summed E-state index contributed by atoms with van der Waals surface area (Å²) in [4.78, 5) is 13.8. The summed E-state index contributed by atoms with van der Waals surface area (Å²) < 4.78 is 2.07. The van der Waals surface area contributed by atoms with Crippen LogP contribution in [0.25, 0.3) is 33.5 Å². The summed E-state index contributed by atoms with van der Waals surface area (Å²) in [7, 11) is 0. The molecule has 0 atom stereocenters. The number of rotatable bonds is 4. The molecule has 0 bridgehead atoms. The maximum absolute atomic E-state index is 4.68. The molecule has 0 aliphatic heterocycles. The summed E-state index contributed by atoms with van der Waals surface area (Å²) >= 11 is 0. The first-order chi connectivity index (χ1) is 14.3. The Morgan fingerprint density at radius 2 is 1.45 bits per heavy atom. The van der Waals surface area contributed by atoms with Crippen LogP contribution in [-0.4, -0.2) is 19.5 Å². The fourth-order valence-corrected chi connectivity index (χ4v) is 3.65. The van der Waals surface area contributed by atoms with E-state index in [0.717, 1.165) is 34.5 Å². The van der Waals surface area contributed by atoms with Crippen LogP contribution in [0, 0.1) is 6.92 Å². The van der Waals surface area contributed by atoms with E-state index < -0.39 is 0 Å². The lowest BCUT2D eigenvalue weighted by atomic mass is 9.96. The molecule has 0 N–H and O–H groups in total. The van der Waals surface area contributed by atoms with Gasteiger partial charge >= 0.3 is 0 Å². The van der Waals surface area contributed by atoms with Crippen LogP contribution in [0.2, 0.25) is 0 Å². The van der Waals surface area contributed by atoms with Gasteiger partial charge in [0.2, 0.25) is 0 Å². The normalized spacial score (nSPS) is 11.1. The van der Waals surface area contributed by atoms with Gasteiger partial charge in [0.05, 0.1) is 12.9 Å². The highest BCUT2D eigenvalue weighted by Crippen LogP contribution is 2.33. The molecular weight excluding hydrogens is 356 g/mol. The smallest absolute Gasteiger partial charge is 0.164 e. The Hall–Kier alpha value is -3.79. The van der Waals surface area contributed by atoms with Crippen LogP contribution in [-0.2, 0) is 6.54 Å². The zero-order valence-corrected chi connectivity index (χ0v) is 16.2. The van der Waals surface area contributed by atoms with Crippen molar-refractivity contribution in [3.63, 3.8) is 0 Å². The lowest BCUT2D eigenvalue weighted by Gasteiger charge is -2.10. The van der Waals surface area contributed by atoms with Crippen LogP contribution in [0.5, 0.6) is 0 Å². The molecule has 0 amide bonds. The molecule has 0 fully saturated rings. The average Bonchev–Trinajstić information content (AvgIpc) is 3.18. The number of aryl methyl sites for hydroxylation is 1. The first-order valence-corrected chi connectivity index (χ1v) is 9.66. The van der Waals surface area contributed by atoms with Crippen LogP contribution in [0.1, 0.15) is 11.1 Å². The quantitative estimate of drug-likeness (QED) is 0.415. The summed E-state index contributed by atoms with van der Waals surface area (Å²) in [5.41, 5.74) is 8.36. The number of imidazole rings is 1. The van der Waals surface area contributed by atoms with Crippen molar-refractivity contribution in [1.82, 2.24) is 19.5 Å². The van der Waals surface area contributed by atoms with Crippen molar-refractivity contribution in [2.75, 3.05) is 0 Å². The maximum Gasteiger partial charge on any atom is 0.164 e. The van der Waals surface area contributed by atoms with E-state index >= 15 is 0 Å². The summed E-state index contributed by atoms with van der Waals surface area (Å²) in [5.74, 6) is 0. The summed E-state index contributed by atoms with van der Waals surface area (Å²) in [6.07, 6.45) is 3.48. The second-order valence-corrected chi connectivity index (χ2v) is 7.16. The van der Waals surface area contributed by atoms with Crippen LogP contribution in [0.4, 0.5) is 0 Å². The molecule has 3 aromatic carbocycles. The summed E-state index contributed by atoms with van der Waals surface area (Å²) in [6, 6.07) is 27.3. The first kappa shape index (κ1) is 17.3. The van der Waals surface area contributed by atoms with Crippen molar-refractivity contribution in [2.24, 2.45) is 0 Å². The Balaban J connectivity index is 1.63. The van der Waals surface area contributed by atoms with Gasteiger partial charge in [-0.2, -0.15) is 0 Å². The third-order valence-electron chi connectivity index (χ3n) is 5.14. The molecule has 0 aliphatic rings. The van der Waals surface area contributed by atoms with Crippen LogP contribution >= 0.6 is 0 Å². The maximum atomic E-state index is 4.68. The molecule has 5 rings (SSSR count). The molecule has 0 aliphatic carbocycles. The van der Waals surface area contributed by atoms with E-state index in [1.165, 1.54) is 16.7 Å². The van der Waals surface area contributed by atoms with Gasteiger partial charge in [-0.3, -0.25) is 0 Å². The highest BCUT2D eigenvalue weighted by atomic mass is 15.1. The van der Waals surface area contributed by atoms with Crippen LogP contribution < -0.4 is 0 Å². The second-order valence-electron chi connectivity index (χ2n) is 7.16. The lowest BCUT2D eigenvalue weighted by Crippen LogP contribution is -2.00. The highest BCUT2D eigenvalue weighted by Gasteiger charge is 2.15. The minimum absolute atomic E-state index is 0.730. The van der Waals surface area contributed by atoms with Crippen molar-refractivity contribution in [2.45, 2.75) is 13.5 Å². The Kier molecular flexibility index (Phi) is 4.37. The zero-order chi connectivity index (χ0) is 19.6. The van der Waals surface area contributed by atoms with E-state index in [1.807, 2.05) is 30.6 Å². The van der Waals surface area contributed by atoms with Gasteiger partial charge in [0, 0.05) is 5.56 Å². The Morgan fingerprint density at radius 3 is 2.24 bits per heavy atom. The van der Waals surface area contributed by atoms with Gasteiger partial charge in [0.15, 0.2) is 5.65 Å². The van der Waals surface area contributed by atoms with E-state index in [4.69, 9.17) is 0 Å². The number of aromatic nitrogens is 4. The monoisotopic (exact) mass is 376 g/mol. The number of fused-ring (bicyclic) bond motifs is 1. The minimum atomic E-state index is 0.730. The number of hydrogen-bond acceptors (Lipinski definition) is 3. The van der Waals surface area contributed by atoms with Gasteiger partial charge in [-0.15, -0.1) is 0 Å². The van der Waals surface area contributed by atoms with Crippen molar-refractivity contribution in [3.05, 3.63) is 103 Å². The molecule has 2 aromatic heterocycles. The molecule has 29 heavy (non-hydrogen) atoms. The van der Waals surface area contributed by atoms with Crippen molar-refractivity contribution < 1.29 is 0 Å². The lowest BCUT2D eigenvalue weighted by molar-refractivity contribution is 0.813. The Labute approximate surface area is 169 Å². The molecular formula is C25H20N4. The Morgan fingerprint density at radius 1 is 0.724 bits per heavy atom. The molecule has 0 saturated carbocycles. The highest BCUT2D eigenvalue weighted by molar-refractivity contribution is 5.93. The Bertz CT molecular complexity index is 1270. The predicted molar refractivity (Wildman–Crippen MR) is 116 cm³/mol. The number of hydrogen-bond donors (Lipinski definition) is 0. The molecule has 140 valence electrons. The molecule has 5 aromatic rings. The van der Waals surface area contributed by atoms with Crippen LogP contribution in [0.15, 0.2) is 91.5 Å². The van der Waals surface area contributed by atoms with E-state index in [2.05, 4.69) is 81.0 Å². The van der Waals surface area contributed by atoms with Crippen molar-refractivity contribution in [3.8, 4) is 22.4 Å². The number of nitrogens with zero attached hydrogens (tertiary/aromatic N) is 4. The van der Waals surface area contributed by atoms with Gasteiger partial charge in [-0.25, -0.2) is 15.0 Å². The van der Waals surface area contributed by atoms with E-state index in [0.29, 0.717) is 0 Å². The fraction of sp³-hybridized carbons (Fsp3) is 0.0800. The zero-order valence-electron chi connectivity index (χ0n) is 16.2. The fourth-order valence-electron chi connectivity index (χ4n) is 3.65. The SMILES string of the molecule is Cc1ccc(-c2ccccc2-c2ncnc3c2ncn3Cc2ccccc2)cc1. The molecule has 4 heteroatoms. The van der Waals surface area contributed by atoms with Crippen molar-refractivity contribution in [1.29, 1.82) is 0 Å². The average molecular weight is 376 g/mol. The minimum Gasteiger partial charge on any atom is -0.311 e. The molecule has 4 nitrogen and oxygen atoms in total. The first-order valence-electron chi connectivity index (χ1n) is 9.66. The number of benzene rings is 3. The van der Waals surface area contributed by atoms with Gasteiger partial charge in [0.25, 0.3) is 0 Å². The largest absolute Gasteiger partial charge is 0.311 e. The second kappa shape index (κ2) is 7.32. The van der Waals surface area contributed by atoms with E-state index in [1.54, 1.807) is 6.33 Å². The van der Waals surface area contributed by atoms with Gasteiger partial charge < -0.3 is 4.57 Å². The third-order valence-corrected chi connectivity index (χ3v) is 5.14. The summed E-state index contributed by atoms with van der Waals surface area (Å²) in [6.45, 7) is 2.83. The molecule has 0 radical (unpaired) electrons. The molecule has 0 spiro atoms.